The minimum absolute atomic E-state index is 0.0672. The van der Waals surface area contributed by atoms with E-state index in [1.807, 2.05) is 34.6 Å². The quantitative estimate of drug-likeness (QED) is 0.561. The summed E-state index contributed by atoms with van der Waals surface area (Å²) < 4.78 is 6.24. The van der Waals surface area contributed by atoms with Crippen molar-refractivity contribution in [2.45, 2.75) is 83.2 Å². The van der Waals surface area contributed by atoms with Gasteiger partial charge in [0, 0.05) is 12.1 Å². The Bertz CT molecular complexity index is 762. The zero-order valence-corrected chi connectivity index (χ0v) is 19.2. The number of carboxylic acid groups (broad SMARTS) is 1. The first-order valence-electron chi connectivity index (χ1n) is 11.2. The number of rotatable bonds is 8. The number of carboxylic acids is 1. The fourth-order valence-corrected chi connectivity index (χ4v) is 5.79. The molecular formula is C23H36N2O6. The van der Waals surface area contributed by atoms with Crippen molar-refractivity contribution in [1.82, 2.24) is 9.80 Å². The van der Waals surface area contributed by atoms with Crippen LogP contribution in [0.2, 0.25) is 0 Å². The van der Waals surface area contributed by atoms with E-state index in [-0.39, 0.29) is 24.3 Å². The molecule has 3 aliphatic rings. The summed E-state index contributed by atoms with van der Waals surface area (Å²) in [5.74, 6) is -3.69. The zero-order valence-electron chi connectivity index (χ0n) is 19.2. The third kappa shape index (κ3) is 3.48. The molecule has 8 heteroatoms. The van der Waals surface area contributed by atoms with Crippen LogP contribution in [0.1, 0.15) is 53.9 Å². The molecule has 0 aromatic rings. The molecule has 0 saturated carbocycles. The normalized spacial score (nSPS) is 33.9. The fraction of sp³-hybridized carbons (Fsp3) is 0.783. The molecule has 0 aromatic heterocycles. The van der Waals surface area contributed by atoms with Crippen LogP contribution >= 0.6 is 0 Å². The van der Waals surface area contributed by atoms with Crippen molar-refractivity contribution in [3.63, 3.8) is 0 Å². The molecule has 7 atom stereocenters. The van der Waals surface area contributed by atoms with Crippen LogP contribution in [0.5, 0.6) is 0 Å². The van der Waals surface area contributed by atoms with Crippen LogP contribution in [0.4, 0.5) is 0 Å². The van der Waals surface area contributed by atoms with E-state index in [1.54, 1.807) is 11.0 Å². The van der Waals surface area contributed by atoms with E-state index in [0.29, 0.717) is 25.8 Å². The second-order valence-corrected chi connectivity index (χ2v) is 10.2. The van der Waals surface area contributed by atoms with E-state index in [2.05, 4.69) is 6.58 Å². The minimum atomic E-state index is -1.17. The monoisotopic (exact) mass is 436 g/mol. The molecular weight excluding hydrogens is 400 g/mol. The third-order valence-electron chi connectivity index (χ3n) is 7.49. The Hall–Kier alpha value is -1.93. The summed E-state index contributed by atoms with van der Waals surface area (Å²) in [6.45, 7) is 13.4. The molecule has 3 rings (SSSR count). The number of fused-ring (bicyclic) bond motifs is 1. The largest absolute Gasteiger partial charge is 0.481 e. The molecule has 0 radical (unpaired) electrons. The summed E-state index contributed by atoms with van der Waals surface area (Å²) in [4.78, 5) is 43.0. The van der Waals surface area contributed by atoms with E-state index in [4.69, 9.17) is 4.74 Å². The number of carbonyl (C=O) groups excluding carboxylic acids is 2. The molecule has 2 amide bonds. The molecule has 3 saturated heterocycles. The summed E-state index contributed by atoms with van der Waals surface area (Å²) in [6.07, 6.45) is 2.74. The SMILES string of the molecule is C=CCN(C(=O)C1N([C@@H](CO)[C@@H](C)CC)C(=O)[C@@H]2[C@@H](C(=O)O)[C@H]3CCC12O3)C(C)(C)C. The van der Waals surface area contributed by atoms with E-state index >= 15 is 0 Å². The molecule has 8 nitrogen and oxygen atoms in total. The zero-order chi connectivity index (χ0) is 23.3. The molecule has 2 unspecified atom stereocenters. The Morgan fingerprint density at radius 3 is 2.55 bits per heavy atom. The van der Waals surface area contributed by atoms with Crippen LogP contribution < -0.4 is 0 Å². The number of hydrogen-bond acceptors (Lipinski definition) is 5. The van der Waals surface area contributed by atoms with Crippen molar-refractivity contribution < 1.29 is 29.3 Å². The lowest BCUT2D eigenvalue weighted by atomic mass is 9.70. The average Bonchev–Trinajstić information content (AvgIpc) is 3.33. The van der Waals surface area contributed by atoms with E-state index in [0.717, 1.165) is 0 Å². The van der Waals surface area contributed by atoms with Crippen LogP contribution in [-0.2, 0) is 19.1 Å². The predicted octanol–water partition coefficient (Wildman–Crippen LogP) is 1.67. The van der Waals surface area contributed by atoms with Crippen LogP contribution in [-0.4, -0.2) is 80.3 Å². The standard InChI is InChI=1S/C23H36N2O6/c1-7-11-24(22(4,5)6)20(28)18-23-10-9-15(31-23)16(21(29)30)17(23)19(27)25(18)14(12-26)13(3)8-2/h7,13-18,26H,1,8-12H2,2-6H3,(H,29,30)/t13-,14-,15+,16-,17-,18?,23?/m0/s1. The number of aliphatic hydroxyl groups excluding tert-OH is 1. The van der Waals surface area contributed by atoms with Crippen molar-refractivity contribution in [3.8, 4) is 0 Å². The van der Waals surface area contributed by atoms with Crippen molar-refractivity contribution >= 4 is 17.8 Å². The van der Waals surface area contributed by atoms with Gasteiger partial charge in [-0.3, -0.25) is 14.4 Å². The van der Waals surface area contributed by atoms with Gasteiger partial charge >= 0.3 is 5.97 Å². The predicted molar refractivity (Wildman–Crippen MR) is 114 cm³/mol. The lowest BCUT2D eigenvalue weighted by Crippen LogP contribution is -2.62. The number of likely N-dealkylation sites (tertiary alicyclic amines) is 1. The lowest BCUT2D eigenvalue weighted by Gasteiger charge is -2.44. The Labute approximate surface area is 184 Å². The molecule has 2 N–H and O–H groups in total. The number of hydrogen-bond donors (Lipinski definition) is 2. The summed E-state index contributed by atoms with van der Waals surface area (Å²) in [6, 6.07) is -1.56. The topological polar surface area (TPSA) is 107 Å². The highest BCUT2D eigenvalue weighted by molar-refractivity contribution is 5.98. The second-order valence-electron chi connectivity index (χ2n) is 10.2. The van der Waals surface area contributed by atoms with Gasteiger partial charge < -0.3 is 24.7 Å². The van der Waals surface area contributed by atoms with Crippen LogP contribution in [0, 0.1) is 17.8 Å². The number of aliphatic carboxylic acids is 1. The number of ether oxygens (including phenoxy) is 1. The van der Waals surface area contributed by atoms with Gasteiger partial charge in [-0.2, -0.15) is 0 Å². The number of nitrogens with zero attached hydrogens (tertiary/aromatic N) is 2. The smallest absolute Gasteiger partial charge is 0.310 e. The first kappa shape index (κ1) is 23.7. The summed E-state index contributed by atoms with van der Waals surface area (Å²) in [5, 5.41) is 20.1. The highest BCUT2D eigenvalue weighted by Gasteiger charge is 2.75. The molecule has 3 fully saturated rings. The molecule has 174 valence electrons. The van der Waals surface area contributed by atoms with Gasteiger partial charge in [-0.15, -0.1) is 6.58 Å². The molecule has 3 heterocycles. The molecule has 0 aliphatic carbocycles. The maximum Gasteiger partial charge on any atom is 0.310 e. The van der Waals surface area contributed by atoms with E-state index < -0.39 is 47.1 Å². The molecule has 31 heavy (non-hydrogen) atoms. The Morgan fingerprint density at radius 1 is 1.42 bits per heavy atom. The number of carbonyl (C=O) groups is 3. The first-order valence-corrected chi connectivity index (χ1v) is 11.2. The van der Waals surface area contributed by atoms with E-state index in [9.17, 15) is 24.6 Å². The van der Waals surface area contributed by atoms with Crippen LogP contribution in [0.15, 0.2) is 12.7 Å². The van der Waals surface area contributed by atoms with Crippen LogP contribution in [0.25, 0.3) is 0 Å². The fourth-order valence-electron chi connectivity index (χ4n) is 5.79. The number of amides is 2. The Balaban J connectivity index is 2.16. The minimum Gasteiger partial charge on any atom is -0.481 e. The van der Waals surface area contributed by atoms with Gasteiger partial charge in [-0.05, 0) is 39.5 Å². The first-order chi connectivity index (χ1) is 14.5. The second kappa shape index (κ2) is 8.20. The summed E-state index contributed by atoms with van der Waals surface area (Å²) in [7, 11) is 0. The Morgan fingerprint density at radius 2 is 2.06 bits per heavy atom. The maximum atomic E-state index is 14.0. The number of aliphatic hydroxyl groups is 1. The van der Waals surface area contributed by atoms with Gasteiger partial charge in [0.2, 0.25) is 11.8 Å². The van der Waals surface area contributed by atoms with Gasteiger partial charge in [0.25, 0.3) is 0 Å². The average molecular weight is 437 g/mol. The summed E-state index contributed by atoms with van der Waals surface area (Å²) >= 11 is 0. The summed E-state index contributed by atoms with van der Waals surface area (Å²) in [5.41, 5.74) is -1.71. The van der Waals surface area contributed by atoms with Crippen LogP contribution in [0.3, 0.4) is 0 Å². The maximum absolute atomic E-state index is 14.0. The highest BCUT2D eigenvalue weighted by Crippen LogP contribution is 2.59. The van der Waals surface area contributed by atoms with Gasteiger partial charge in [0.1, 0.15) is 11.6 Å². The van der Waals surface area contributed by atoms with Gasteiger partial charge in [0.05, 0.1) is 30.6 Å². The van der Waals surface area contributed by atoms with Crippen molar-refractivity contribution in [1.29, 1.82) is 0 Å². The molecule has 0 aromatic carbocycles. The van der Waals surface area contributed by atoms with Crippen molar-refractivity contribution in [3.05, 3.63) is 12.7 Å². The lowest BCUT2D eigenvalue weighted by molar-refractivity contribution is -0.156. The van der Waals surface area contributed by atoms with E-state index in [1.165, 1.54) is 4.90 Å². The Kier molecular flexibility index (Phi) is 6.28. The van der Waals surface area contributed by atoms with Gasteiger partial charge in [-0.1, -0.05) is 26.3 Å². The van der Waals surface area contributed by atoms with Crippen molar-refractivity contribution in [2.24, 2.45) is 17.8 Å². The molecule has 1 spiro atoms. The van der Waals surface area contributed by atoms with Gasteiger partial charge in [0.15, 0.2) is 0 Å². The van der Waals surface area contributed by atoms with Crippen molar-refractivity contribution in [2.75, 3.05) is 13.2 Å². The third-order valence-corrected chi connectivity index (χ3v) is 7.49. The van der Waals surface area contributed by atoms with Gasteiger partial charge in [-0.25, -0.2) is 0 Å². The molecule has 3 aliphatic heterocycles. The molecule has 2 bridgehead atoms. The highest BCUT2D eigenvalue weighted by atomic mass is 16.5.